The topological polar surface area (TPSA) is 216 Å². The molecule has 37 heavy (non-hydrogen) atoms. The van der Waals surface area contributed by atoms with E-state index in [9.17, 15) is 24.3 Å². The van der Waals surface area contributed by atoms with Crippen LogP contribution in [0.2, 0.25) is 0 Å². The van der Waals surface area contributed by atoms with Gasteiger partial charge in [0.25, 0.3) is 0 Å². The fourth-order valence-electron chi connectivity index (χ4n) is 3.71. The first kappa shape index (κ1) is 31.9. The number of pyridine rings is 1. The summed E-state index contributed by atoms with van der Waals surface area (Å²) in [6.07, 6.45) is 6.41. The molecule has 0 saturated carbocycles. The van der Waals surface area contributed by atoms with Crippen LogP contribution in [0.5, 0.6) is 0 Å². The Morgan fingerprint density at radius 1 is 0.892 bits per heavy atom. The predicted molar refractivity (Wildman–Crippen MR) is 140 cm³/mol. The van der Waals surface area contributed by atoms with Gasteiger partial charge in [-0.3, -0.25) is 19.4 Å². The van der Waals surface area contributed by atoms with Crippen LogP contribution in [0.25, 0.3) is 0 Å². The molecule has 3 amide bonds. The summed E-state index contributed by atoms with van der Waals surface area (Å²) in [6.45, 7) is 4.33. The maximum atomic E-state index is 13.2. The number of carbonyl (C=O) groups excluding carboxylic acids is 3. The number of unbranched alkanes of at least 4 members (excludes halogenated alkanes) is 2. The highest BCUT2D eigenvalue weighted by molar-refractivity contribution is 5.94. The van der Waals surface area contributed by atoms with E-state index in [1.807, 2.05) is 0 Å². The Balaban J connectivity index is 2.90. The third-order valence-corrected chi connectivity index (χ3v) is 5.90. The van der Waals surface area contributed by atoms with Crippen molar-refractivity contribution in [1.29, 1.82) is 0 Å². The smallest absolute Gasteiger partial charge is 0.326 e. The van der Waals surface area contributed by atoms with Crippen LogP contribution < -0.4 is 33.2 Å². The van der Waals surface area contributed by atoms with E-state index in [0.29, 0.717) is 45.2 Å². The van der Waals surface area contributed by atoms with Gasteiger partial charge in [0.1, 0.15) is 18.1 Å². The second-order valence-electron chi connectivity index (χ2n) is 9.43. The van der Waals surface area contributed by atoms with Crippen LogP contribution in [0.4, 0.5) is 0 Å². The van der Waals surface area contributed by atoms with E-state index in [2.05, 4.69) is 20.9 Å². The molecule has 0 bridgehead atoms. The highest BCUT2D eigenvalue weighted by atomic mass is 16.4. The first-order valence-electron chi connectivity index (χ1n) is 12.8. The third kappa shape index (κ3) is 12.1. The molecule has 1 aromatic heterocycles. The number of rotatable bonds is 18. The number of aromatic nitrogens is 1. The van der Waals surface area contributed by atoms with Crippen molar-refractivity contribution < 1.29 is 24.3 Å². The van der Waals surface area contributed by atoms with Crippen molar-refractivity contribution in [3.63, 3.8) is 0 Å². The number of amides is 3. The summed E-state index contributed by atoms with van der Waals surface area (Å²) < 4.78 is 0. The highest BCUT2D eigenvalue weighted by Crippen LogP contribution is 2.09. The van der Waals surface area contributed by atoms with E-state index in [-0.39, 0.29) is 18.8 Å². The second kappa shape index (κ2) is 17.4. The van der Waals surface area contributed by atoms with E-state index >= 15 is 0 Å². The average Bonchev–Trinajstić information content (AvgIpc) is 2.86. The lowest BCUT2D eigenvalue weighted by atomic mass is 10.0. The minimum Gasteiger partial charge on any atom is -0.480 e. The first-order chi connectivity index (χ1) is 17.6. The fraction of sp³-hybridized carbons (Fsp3) is 0.640. The van der Waals surface area contributed by atoms with Crippen molar-refractivity contribution in [1.82, 2.24) is 20.9 Å². The summed E-state index contributed by atoms with van der Waals surface area (Å²) in [7, 11) is 0. The molecule has 1 aromatic rings. The molecule has 0 aliphatic carbocycles. The van der Waals surface area contributed by atoms with Crippen LogP contribution in [0, 0.1) is 5.92 Å². The summed E-state index contributed by atoms with van der Waals surface area (Å²) in [5.41, 5.74) is 17.9. The summed E-state index contributed by atoms with van der Waals surface area (Å²) in [5.74, 6) is -3.16. The zero-order valence-corrected chi connectivity index (χ0v) is 21.8. The number of carboxylic acid groups (broad SMARTS) is 1. The van der Waals surface area contributed by atoms with Gasteiger partial charge in [0.05, 0.1) is 6.04 Å². The maximum Gasteiger partial charge on any atom is 0.326 e. The molecule has 0 radical (unpaired) electrons. The number of nitrogens with two attached hydrogens (primary N) is 3. The first-order valence-corrected chi connectivity index (χ1v) is 12.8. The number of carboxylic acids is 1. The standard InChI is InChI=1S/C25H43N7O5/c1-16(2)21(24(35)31-20(25(36)37)10-4-6-12-27)32-23(34)19(9-3-5-11-26)30-22(33)18(28)14-17-8-7-13-29-15-17/h7-8,13,15-16,18-21H,3-6,9-12,14,26-28H2,1-2H3,(H,30,33)(H,31,35)(H,32,34)(H,36,37)/t18-,19-,20-,21-/m0/s1. The predicted octanol–water partition coefficient (Wildman–Crippen LogP) is -0.596. The molecule has 0 fully saturated rings. The van der Waals surface area contributed by atoms with E-state index in [1.54, 1.807) is 38.4 Å². The van der Waals surface area contributed by atoms with E-state index in [0.717, 1.165) is 5.56 Å². The quantitative estimate of drug-likeness (QED) is 0.123. The highest BCUT2D eigenvalue weighted by Gasteiger charge is 2.31. The lowest BCUT2D eigenvalue weighted by Crippen LogP contribution is -2.58. The van der Waals surface area contributed by atoms with Crippen LogP contribution in [0.3, 0.4) is 0 Å². The lowest BCUT2D eigenvalue weighted by molar-refractivity contribution is -0.142. The van der Waals surface area contributed by atoms with Gasteiger partial charge in [-0.15, -0.1) is 0 Å². The number of aliphatic carboxylic acids is 1. The van der Waals surface area contributed by atoms with Gasteiger partial charge >= 0.3 is 5.97 Å². The summed E-state index contributed by atoms with van der Waals surface area (Å²) >= 11 is 0. The number of nitrogens with zero attached hydrogens (tertiary/aromatic N) is 1. The van der Waals surface area contributed by atoms with Gasteiger partial charge in [-0.05, 0) is 75.6 Å². The van der Waals surface area contributed by atoms with Crippen LogP contribution in [-0.4, -0.2) is 71.0 Å². The molecular weight excluding hydrogens is 478 g/mol. The van der Waals surface area contributed by atoms with Gasteiger partial charge < -0.3 is 38.3 Å². The van der Waals surface area contributed by atoms with Crippen LogP contribution in [-0.2, 0) is 25.6 Å². The molecule has 12 heteroatoms. The molecule has 0 unspecified atom stereocenters. The van der Waals surface area contributed by atoms with Crippen LogP contribution in [0.1, 0.15) is 57.9 Å². The van der Waals surface area contributed by atoms with Crippen LogP contribution in [0.15, 0.2) is 24.5 Å². The molecule has 12 nitrogen and oxygen atoms in total. The normalized spacial score (nSPS) is 14.3. The number of hydrogen-bond donors (Lipinski definition) is 7. The second-order valence-corrected chi connectivity index (χ2v) is 9.43. The lowest BCUT2D eigenvalue weighted by Gasteiger charge is -2.27. The molecule has 0 saturated heterocycles. The largest absolute Gasteiger partial charge is 0.480 e. The molecule has 1 rings (SSSR count). The molecule has 208 valence electrons. The van der Waals surface area contributed by atoms with Gasteiger partial charge in [0.2, 0.25) is 17.7 Å². The zero-order valence-electron chi connectivity index (χ0n) is 21.8. The number of nitrogens with one attached hydrogen (secondary N) is 3. The maximum absolute atomic E-state index is 13.2. The fourth-order valence-corrected chi connectivity index (χ4v) is 3.71. The average molecular weight is 522 g/mol. The van der Waals surface area contributed by atoms with Gasteiger partial charge in [0.15, 0.2) is 0 Å². The van der Waals surface area contributed by atoms with Crippen LogP contribution >= 0.6 is 0 Å². The van der Waals surface area contributed by atoms with Crippen molar-refractivity contribution in [3.8, 4) is 0 Å². The SMILES string of the molecule is CC(C)[C@H](NC(=O)[C@H](CCCCN)NC(=O)[C@@H](N)Cc1cccnc1)C(=O)N[C@@H](CCCCN)C(=O)O. The molecule has 0 aliphatic rings. The van der Waals surface area contributed by atoms with Crippen molar-refractivity contribution in [3.05, 3.63) is 30.1 Å². The van der Waals surface area contributed by atoms with Gasteiger partial charge in [0, 0.05) is 12.4 Å². The Morgan fingerprint density at radius 2 is 1.49 bits per heavy atom. The summed E-state index contributed by atoms with van der Waals surface area (Å²) in [5, 5.41) is 17.4. The van der Waals surface area contributed by atoms with E-state index in [1.165, 1.54) is 0 Å². The van der Waals surface area contributed by atoms with Crippen molar-refractivity contribution in [2.24, 2.45) is 23.1 Å². The minimum atomic E-state index is -1.16. The molecule has 10 N–H and O–H groups in total. The molecule has 4 atom stereocenters. The third-order valence-electron chi connectivity index (χ3n) is 5.90. The minimum absolute atomic E-state index is 0.226. The monoisotopic (exact) mass is 521 g/mol. The Kier molecular flexibility index (Phi) is 15.0. The van der Waals surface area contributed by atoms with E-state index < -0.39 is 47.9 Å². The number of hydrogen-bond acceptors (Lipinski definition) is 8. The molecule has 0 aromatic carbocycles. The summed E-state index contributed by atoms with van der Waals surface area (Å²) in [4.78, 5) is 54.5. The molecule has 1 heterocycles. The van der Waals surface area contributed by atoms with E-state index in [4.69, 9.17) is 17.2 Å². The summed E-state index contributed by atoms with van der Waals surface area (Å²) in [6, 6.07) is -0.383. The Morgan fingerprint density at radius 3 is 2.00 bits per heavy atom. The zero-order chi connectivity index (χ0) is 27.8. The van der Waals surface area contributed by atoms with Crippen molar-refractivity contribution in [2.75, 3.05) is 13.1 Å². The van der Waals surface area contributed by atoms with Crippen molar-refractivity contribution >= 4 is 23.7 Å². The van der Waals surface area contributed by atoms with Gasteiger partial charge in [-0.2, -0.15) is 0 Å². The Hall–Kier alpha value is -3.09. The Bertz CT molecular complexity index is 853. The number of carbonyl (C=O) groups is 4. The molecular formula is C25H43N7O5. The Labute approximate surface area is 218 Å². The van der Waals surface area contributed by atoms with Gasteiger partial charge in [-0.1, -0.05) is 19.9 Å². The molecule has 0 spiro atoms. The van der Waals surface area contributed by atoms with Gasteiger partial charge in [-0.25, -0.2) is 4.79 Å². The molecule has 0 aliphatic heterocycles. The van der Waals surface area contributed by atoms with Crippen molar-refractivity contribution in [2.45, 2.75) is 83.0 Å².